The molecule has 2 N–H and O–H groups in total. The SMILES string of the molecule is Cc1nc(N)sc1C(=O)N1CCCC1c1cccc(Cl)c1. The topological polar surface area (TPSA) is 59.2 Å². The van der Waals surface area contributed by atoms with E-state index in [9.17, 15) is 4.79 Å². The number of rotatable bonds is 2. The Morgan fingerprint density at radius 3 is 3.00 bits per heavy atom. The van der Waals surface area contributed by atoms with Crippen molar-refractivity contribution >= 4 is 34.0 Å². The number of hydrogen-bond acceptors (Lipinski definition) is 4. The first-order valence-electron chi connectivity index (χ1n) is 6.85. The summed E-state index contributed by atoms with van der Waals surface area (Å²) in [4.78, 5) is 19.4. The van der Waals surface area contributed by atoms with Gasteiger partial charge in [-0.15, -0.1) is 0 Å². The van der Waals surface area contributed by atoms with Crippen LogP contribution in [0.15, 0.2) is 24.3 Å². The van der Waals surface area contributed by atoms with Gasteiger partial charge in [0.1, 0.15) is 4.88 Å². The molecule has 0 bridgehead atoms. The van der Waals surface area contributed by atoms with Gasteiger partial charge in [0.15, 0.2) is 5.13 Å². The number of benzene rings is 1. The van der Waals surface area contributed by atoms with E-state index < -0.39 is 0 Å². The molecule has 1 aliphatic rings. The molecule has 0 aliphatic carbocycles. The fourth-order valence-corrected chi connectivity index (χ4v) is 3.80. The average molecular weight is 322 g/mol. The molecule has 6 heteroatoms. The highest BCUT2D eigenvalue weighted by Crippen LogP contribution is 2.35. The van der Waals surface area contributed by atoms with Gasteiger partial charge < -0.3 is 10.6 Å². The lowest BCUT2D eigenvalue weighted by Crippen LogP contribution is -2.30. The van der Waals surface area contributed by atoms with E-state index in [0.717, 1.165) is 24.9 Å². The van der Waals surface area contributed by atoms with Crippen molar-refractivity contribution in [1.82, 2.24) is 9.88 Å². The fraction of sp³-hybridized carbons (Fsp3) is 0.333. The molecule has 1 unspecified atom stereocenters. The van der Waals surface area contributed by atoms with Crippen LogP contribution in [0.5, 0.6) is 0 Å². The minimum Gasteiger partial charge on any atom is -0.375 e. The maximum absolute atomic E-state index is 12.8. The average Bonchev–Trinajstić information content (AvgIpc) is 3.04. The van der Waals surface area contributed by atoms with Gasteiger partial charge in [-0.05, 0) is 37.5 Å². The second-order valence-corrected chi connectivity index (χ2v) is 6.65. The number of carbonyl (C=O) groups excluding carboxylic acids is 1. The highest BCUT2D eigenvalue weighted by molar-refractivity contribution is 7.17. The molecule has 1 aromatic heterocycles. The lowest BCUT2D eigenvalue weighted by Gasteiger charge is -2.25. The fourth-order valence-electron chi connectivity index (χ4n) is 2.82. The molecule has 21 heavy (non-hydrogen) atoms. The molecule has 1 saturated heterocycles. The number of aryl methyl sites for hydroxylation is 1. The van der Waals surface area contributed by atoms with Crippen LogP contribution in [0.3, 0.4) is 0 Å². The Morgan fingerprint density at radius 2 is 2.33 bits per heavy atom. The Hall–Kier alpha value is -1.59. The third kappa shape index (κ3) is 2.76. The number of thiazole rings is 1. The standard InChI is InChI=1S/C15H16ClN3OS/c1-9-13(21-15(17)18-9)14(20)19-7-3-6-12(19)10-4-2-5-11(16)8-10/h2,4-5,8,12H,3,6-7H2,1H3,(H2,17,18). The van der Waals surface area contributed by atoms with E-state index in [1.54, 1.807) is 0 Å². The van der Waals surface area contributed by atoms with Crippen LogP contribution in [0.4, 0.5) is 5.13 Å². The molecular weight excluding hydrogens is 306 g/mol. The number of nitrogen functional groups attached to an aromatic ring is 1. The van der Waals surface area contributed by atoms with Crippen LogP contribution in [0.1, 0.15) is 39.8 Å². The number of likely N-dealkylation sites (tertiary alicyclic amines) is 1. The molecule has 1 aliphatic heterocycles. The zero-order chi connectivity index (χ0) is 15.0. The molecule has 0 saturated carbocycles. The van der Waals surface area contributed by atoms with Crippen LogP contribution in [-0.4, -0.2) is 22.3 Å². The van der Waals surface area contributed by atoms with Gasteiger partial charge in [-0.3, -0.25) is 4.79 Å². The third-order valence-electron chi connectivity index (χ3n) is 3.75. The van der Waals surface area contributed by atoms with Crippen LogP contribution >= 0.6 is 22.9 Å². The van der Waals surface area contributed by atoms with Crippen LogP contribution in [0.2, 0.25) is 5.02 Å². The summed E-state index contributed by atoms with van der Waals surface area (Å²) in [5.74, 6) is 0.0178. The van der Waals surface area contributed by atoms with E-state index in [1.165, 1.54) is 11.3 Å². The van der Waals surface area contributed by atoms with Gasteiger partial charge >= 0.3 is 0 Å². The lowest BCUT2D eigenvalue weighted by atomic mass is 10.0. The Balaban J connectivity index is 1.90. The van der Waals surface area contributed by atoms with Gasteiger partial charge in [-0.1, -0.05) is 35.1 Å². The summed E-state index contributed by atoms with van der Waals surface area (Å²) in [6.07, 6.45) is 1.95. The van der Waals surface area contributed by atoms with Gasteiger partial charge in [0.05, 0.1) is 11.7 Å². The summed E-state index contributed by atoms with van der Waals surface area (Å²) >= 11 is 7.33. The molecule has 2 aromatic rings. The van der Waals surface area contributed by atoms with E-state index in [4.69, 9.17) is 17.3 Å². The van der Waals surface area contributed by atoms with Crippen LogP contribution in [0, 0.1) is 6.92 Å². The summed E-state index contributed by atoms with van der Waals surface area (Å²) < 4.78 is 0. The minimum atomic E-state index is 0.0178. The van der Waals surface area contributed by atoms with Gasteiger partial charge in [0.2, 0.25) is 0 Å². The van der Waals surface area contributed by atoms with Crippen molar-refractivity contribution in [2.45, 2.75) is 25.8 Å². The molecule has 110 valence electrons. The summed E-state index contributed by atoms with van der Waals surface area (Å²) in [5.41, 5.74) is 7.49. The van der Waals surface area contributed by atoms with Gasteiger partial charge in [-0.2, -0.15) is 0 Å². The molecular formula is C15H16ClN3OS. The number of anilines is 1. The molecule has 1 amide bonds. The molecule has 0 radical (unpaired) electrons. The molecule has 1 fully saturated rings. The van der Waals surface area contributed by atoms with Crippen molar-refractivity contribution in [2.75, 3.05) is 12.3 Å². The second-order valence-electron chi connectivity index (χ2n) is 5.18. The zero-order valence-corrected chi connectivity index (χ0v) is 13.2. The lowest BCUT2D eigenvalue weighted by molar-refractivity contribution is 0.0739. The van der Waals surface area contributed by atoms with Gasteiger partial charge in [-0.25, -0.2) is 4.98 Å². The number of hydrogen-bond donors (Lipinski definition) is 1. The molecule has 1 aromatic carbocycles. The quantitative estimate of drug-likeness (QED) is 0.918. The minimum absolute atomic E-state index is 0.0178. The number of halogens is 1. The first-order valence-corrected chi connectivity index (χ1v) is 8.05. The van der Waals surface area contributed by atoms with Crippen molar-refractivity contribution in [1.29, 1.82) is 0 Å². The number of aromatic nitrogens is 1. The van der Waals surface area contributed by atoms with Crippen molar-refractivity contribution in [3.05, 3.63) is 45.4 Å². The van der Waals surface area contributed by atoms with Gasteiger partial charge in [0.25, 0.3) is 5.91 Å². The van der Waals surface area contributed by atoms with Crippen molar-refractivity contribution in [3.8, 4) is 0 Å². The Kier molecular flexibility index (Phi) is 3.87. The summed E-state index contributed by atoms with van der Waals surface area (Å²) in [7, 11) is 0. The summed E-state index contributed by atoms with van der Waals surface area (Å²) in [6, 6.07) is 7.82. The highest BCUT2D eigenvalue weighted by Gasteiger charge is 2.32. The smallest absolute Gasteiger partial charge is 0.266 e. The Morgan fingerprint density at radius 1 is 1.52 bits per heavy atom. The molecule has 4 nitrogen and oxygen atoms in total. The largest absolute Gasteiger partial charge is 0.375 e. The second kappa shape index (κ2) is 5.66. The monoisotopic (exact) mass is 321 g/mol. The van der Waals surface area contributed by atoms with Crippen molar-refractivity contribution in [2.24, 2.45) is 0 Å². The Labute approximate surface area is 132 Å². The predicted octanol–water partition coefficient (Wildman–Crippen LogP) is 3.66. The van der Waals surface area contributed by atoms with Crippen LogP contribution < -0.4 is 5.73 Å². The number of carbonyl (C=O) groups is 1. The van der Waals surface area contributed by atoms with E-state index in [2.05, 4.69) is 4.98 Å². The van der Waals surface area contributed by atoms with E-state index in [1.807, 2.05) is 36.1 Å². The summed E-state index contributed by atoms with van der Waals surface area (Å²) in [5, 5.41) is 1.14. The number of nitrogens with two attached hydrogens (primary N) is 1. The number of nitrogens with zero attached hydrogens (tertiary/aromatic N) is 2. The first-order chi connectivity index (χ1) is 10.1. The first kappa shape index (κ1) is 14.4. The maximum atomic E-state index is 12.8. The Bertz CT molecular complexity index is 685. The van der Waals surface area contributed by atoms with E-state index in [0.29, 0.717) is 20.7 Å². The third-order valence-corrected chi connectivity index (χ3v) is 4.96. The molecule has 3 rings (SSSR count). The van der Waals surface area contributed by atoms with Crippen LogP contribution in [0.25, 0.3) is 0 Å². The maximum Gasteiger partial charge on any atom is 0.266 e. The normalized spacial score (nSPS) is 18.2. The molecule has 0 spiro atoms. The van der Waals surface area contributed by atoms with Crippen molar-refractivity contribution < 1.29 is 4.79 Å². The summed E-state index contributed by atoms with van der Waals surface area (Å²) in [6.45, 7) is 2.58. The van der Waals surface area contributed by atoms with Gasteiger partial charge in [0, 0.05) is 11.6 Å². The van der Waals surface area contributed by atoms with Crippen molar-refractivity contribution in [3.63, 3.8) is 0 Å². The van der Waals surface area contributed by atoms with Crippen LogP contribution in [-0.2, 0) is 0 Å². The number of amides is 1. The van der Waals surface area contributed by atoms with E-state index in [-0.39, 0.29) is 11.9 Å². The van der Waals surface area contributed by atoms with E-state index >= 15 is 0 Å². The molecule has 2 heterocycles. The molecule has 1 atom stereocenters. The zero-order valence-electron chi connectivity index (χ0n) is 11.7. The predicted molar refractivity (Wildman–Crippen MR) is 85.7 cm³/mol. The highest BCUT2D eigenvalue weighted by atomic mass is 35.5.